The predicted octanol–water partition coefficient (Wildman–Crippen LogP) is 4.28. The van der Waals surface area contributed by atoms with Gasteiger partial charge in [0.1, 0.15) is 6.54 Å². The van der Waals surface area contributed by atoms with Gasteiger partial charge >= 0.3 is 5.97 Å². The fourth-order valence-corrected chi connectivity index (χ4v) is 3.88. The summed E-state index contributed by atoms with van der Waals surface area (Å²) in [6, 6.07) is 23.9. The molecule has 3 aromatic carbocycles. The van der Waals surface area contributed by atoms with Crippen molar-refractivity contribution in [3.8, 4) is 0 Å². The Hall–Kier alpha value is -4.46. The Kier molecular flexibility index (Phi) is 6.40. The molecule has 172 valence electrons. The van der Waals surface area contributed by atoms with Gasteiger partial charge in [0.25, 0.3) is 5.56 Å². The minimum Gasteiger partial charge on any atom is -0.476 e. The van der Waals surface area contributed by atoms with Gasteiger partial charge in [-0.25, -0.2) is 9.48 Å². The fourth-order valence-electron chi connectivity index (χ4n) is 3.88. The zero-order valence-corrected chi connectivity index (χ0v) is 18.8. The number of anilines is 3. The number of para-hydroxylation sites is 1. The molecule has 0 saturated heterocycles. The third kappa shape index (κ3) is 4.66. The molecule has 1 amide bonds. The second-order valence-corrected chi connectivity index (χ2v) is 8.06. The van der Waals surface area contributed by atoms with Crippen LogP contribution in [0.15, 0.2) is 83.7 Å². The lowest BCUT2D eigenvalue weighted by molar-refractivity contribution is -0.117. The normalized spacial score (nSPS) is 10.9. The van der Waals surface area contributed by atoms with Gasteiger partial charge in [-0.2, -0.15) is 5.10 Å². The summed E-state index contributed by atoms with van der Waals surface area (Å²) in [5.41, 5.74) is 1.78. The first-order valence-corrected chi connectivity index (χ1v) is 10.8. The van der Waals surface area contributed by atoms with Crippen LogP contribution in [0.5, 0.6) is 0 Å². The van der Waals surface area contributed by atoms with Gasteiger partial charge in [0, 0.05) is 28.5 Å². The van der Waals surface area contributed by atoms with Crippen LogP contribution >= 0.6 is 0 Å². The average molecular weight is 457 g/mol. The maximum atomic E-state index is 12.7. The maximum absolute atomic E-state index is 12.7. The van der Waals surface area contributed by atoms with E-state index in [1.165, 1.54) is 12.1 Å². The molecule has 34 heavy (non-hydrogen) atoms. The van der Waals surface area contributed by atoms with E-state index in [4.69, 9.17) is 0 Å². The van der Waals surface area contributed by atoms with Gasteiger partial charge in [-0.1, -0.05) is 36.4 Å². The number of rotatable bonds is 7. The number of benzene rings is 3. The maximum Gasteiger partial charge on any atom is 0.357 e. The number of hydrogen-bond donors (Lipinski definition) is 2. The van der Waals surface area contributed by atoms with Gasteiger partial charge in [-0.3, -0.25) is 9.59 Å². The van der Waals surface area contributed by atoms with E-state index < -0.39 is 24.0 Å². The summed E-state index contributed by atoms with van der Waals surface area (Å²) in [6.07, 6.45) is 0. The molecular weight excluding hydrogens is 432 g/mol. The van der Waals surface area contributed by atoms with Crippen molar-refractivity contribution in [3.05, 3.63) is 94.9 Å². The molecule has 0 atom stereocenters. The lowest BCUT2D eigenvalue weighted by Gasteiger charge is -2.29. The molecule has 0 fully saturated rings. The van der Waals surface area contributed by atoms with E-state index in [2.05, 4.69) is 29.2 Å². The zero-order valence-electron chi connectivity index (χ0n) is 18.8. The summed E-state index contributed by atoms with van der Waals surface area (Å²) in [5, 5.41) is 16.6. The molecule has 0 radical (unpaired) electrons. The molecule has 0 aliphatic heterocycles. The summed E-state index contributed by atoms with van der Waals surface area (Å²) in [5.74, 6) is -1.76. The number of carbonyl (C=O) groups excluding carboxylic acids is 1. The van der Waals surface area contributed by atoms with Crippen molar-refractivity contribution in [2.75, 3.05) is 10.2 Å². The van der Waals surface area contributed by atoms with E-state index >= 15 is 0 Å². The number of aromatic nitrogens is 2. The summed E-state index contributed by atoms with van der Waals surface area (Å²) in [4.78, 5) is 39.2. The zero-order chi connectivity index (χ0) is 24.2. The molecule has 0 bridgehead atoms. The predicted molar refractivity (Wildman–Crippen MR) is 132 cm³/mol. The second-order valence-electron chi connectivity index (χ2n) is 8.06. The Labute approximate surface area is 196 Å². The van der Waals surface area contributed by atoms with Crippen LogP contribution in [-0.2, 0) is 11.3 Å². The fraction of sp³-hybridized carbons (Fsp3) is 0.154. The summed E-state index contributed by atoms with van der Waals surface area (Å²) in [6.45, 7) is 3.79. The molecule has 1 aromatic heterocycles. The van der Waals surface area contributed by atoms with Crippen molar-refractivity contribution in [3.63, 3.8) is 0 Å². The number of amides is 1. The molecule has 4 aromatic rings. The first-order valence-electron chi connectivity index (χ1n) is 10.8. The van der Waals surface area contributed by atoms with Crippen LogP contribution in [0.4, 0.5) is 17.1 Å². The molecular formula is C26H24N4O4. The molecule has 0 aliphatic rings. The highest BCUT2D eigenvalue weighted by Gasteiger charge is 2.17. The minimum absolute atomic E-state index is 0.196. The van der Waals surface area contributed by atoms with Gasteiger partial charge in [0.05, 0.1) is 5.39 Å². The lowest BCUT2D eigenvalue weighted by atomic mass is 10.1. The van der Waals surface area contributed by atoms with E-state index in [0.717, 1.165) is 16.1 Å². The highest BCUT2D eigenvalue weighted by Crippen LogP contribution is 2.28. The highest BCUT2D eigenvalue weighted by molar-refractivity contribution is 6.01. The molecule has 0 aliphatic carbocycles. The number of aromatic carboxylic acids is 1. The highest BCUT2D eigenvalue weighted by atomic mass is 16.4. The summed E-state index contributed by atoms with van der Waals surface area (Å²) >= 11 is 0. The Morgan fingerprint density at radius 3 is 2.12 bits per heavy atom. The van der Waals surface area contributed by atoms with Crippen molar-refractivity contribution >= 4 is 39.7 Å². The van der Waals surface area contributed by atoms with Gasteiger partial charge in [0.2, 0.25) is 5.91 Å². The van der Waals surface area contributed by atoms with Crippen LogP contribution < -0.4 is 15.8 Å². The molecule has 0 spiro atoms. The molecule has 1 heterocycles. The molecule has 4 rings (SSSR count). The first kappa shape index (κ1) is 22.7. The third-order valence-corrected chi connectivity index (χ3v) is 5.34. The van der Waals surface area contributed by atoms with Gasteiger partial charge < -0.3 is 15.3 Å². The summed E-state index contributed by atoms with van der Waals surface area (Å²) in [7, 11) is 0. The topological polar surface area (TPSA) is 105 Å². The molecule has 2 N–H and O–H groups in total. The number of carboxylic acid groups (broad SMARTS) is 1. The summed E-state index contributed by atoms with van der Waals surface area (Å²) < 4.78 is 0.880. The number of fused-ring (bicyclic) bond motifs is 1. The van der Waals surface area contributed by atoms with E-state index in [0.29, 0.717) is 5.69 Å². The molecule has 8 heteroatoms. The lowest BCUT2D eigenvalue weighted by Crippen LogP contribution is -2.31. The van der Waals surface area contributed by atoms with Crippen molar-refractivity contribution in [1.82, 2.24) is 9.78 Å². The molecule has 0 unspecified atom stereocenters. The first-order chi connectivity index (χ1) is 16.3. The van der Waals surface area contributed by atoms with Gasteiger partial charge in [0.15, 0.2) is 5.69 Å². The Morgan fingerprint density at radius 2 is 1.50 bits per heavy atom. The Bertz CT molecular complexity index is 1400. The van der Waals surface area contributed by atoms with E-state index in [9.17, 15) is 19.5 Å². The average Bonchev–Trinajstić information content (AvgIpc) is 2.82. The molecule has 0 saturated carbocycles. The smallest absolute Gasteiger partial charge is 0.357 e. The number of carboxylic acids is 1. The van der Waals surface area contributed by atoms with Crippen LogP contribution in [0.2, 0.25) is 0 Å². The number of nitrogens with zero attached hydrogens (tertiary/aromatic N) is 3. The van der Waals surface area contributed by atoms with E-state index in [-0.39, 0.29) is 22.5 Å². The Morgan fingerprint density at radius 1 is 0.912 bits per heavy atom. The van der Waals surface area contributed by atoms with Crippen LogP contribution in [0.1, 0.15) is 24.3 Å². The Balaban J connectivity index is 1.54. The number of hydrogen-bond acceptors (Lipinski definition) is 5. The van der Waals surface area contributed by atoms with Crippen LogP contribution in [0, 0.1) is 0 Å². The third-order valence-electron chi connectivity index (χ3n) is 5.34. The van der Waals surface area contributed by atoms with Crippen LogP contribution in [0.3, 0.4) is 0 Å². The van der Waals surface area contributed by atoms with Crippen molar-refractivity contribution in [2.45, 2.75) is 26.4 Å². The number of nitrogens with one attached hydrogen (secondary N) is 1. The largest absolute Gasteiger partial charge is 0.476 e. The van der Waals surface area contributed by atoms with Gasteiger partial charge in [-0.05, 0) is 56.3 Å². The number of carbonyl (C=O) groups is 2. The van der Waals surface area contributed by atoms with Gasteiger partial charge in [-0.15, -0.1) is 0 Å². The standard InChI is InChI=1S/C26H24N4O4/c1-17(2)30(19-8-4-3-5-9-19)20-14-12-18(13-15-20)27-23(31)16-29-25(32)22-11-7-6-10-21(22)24(28-29)26(33)34/h3-15,17H,16H2,1-2H3,(H,27,31)(H,33,34). The monoisotopic (exact) mass is 456 g/mol. The second kappa shape index (κ2) is 9.58. The SMILES string of the molecule is CC(C)N(c1ccccc1)c1ccc(NC(=O)Cn2nc(C(=O)O)c3ccccc3c2=O)cc1. The van der Waals surface area contributed by atoms with Crippen molar-refractivity contribution in [1.29, 1.82) is 0 Å². The van der Waals surface area contributed by atoms with Crippen molar-refractivity contribution in [2.24, 2.45) is 0 Å². The van der Waals surface area contributed by atoms with Crippen molar-refractivity contribution < 1.29 is 14.7 Å². The van der Waals surface area contributed by atoms with Crippen LogP contribution in [0.25, 0.3) is 10.8 Å². The van der Waals surface area contributed by atoms with E-state index in [1.807, 2.05) is 42.5 Å². The minimum atomic E-state index is -1.27. The van der Waals surface area contributed by atoms with Crippen LogP contribution in [-0.4, -0.2) is 32.8 Å². The van der Waals surface area contributed by atoms with E-state index in [1.54, 1.807) is 24.3 Å². The molecule has 8 nitrogen and oxygen atoms in total. The quantitative estimate of drug-likeness (QED) is 0.430.